The van der Waals surface area contributed by atoms with Crippen LogP contribution < -0.4 is 4.90 Å². The Bertz CT molecular complexity index is 932. The summed E-state index contributed by atoms with van der Waals surface area (Å²) in [5, 5.41) is 8.83. The van der Waals surface area contributed by atoms with Gasteiger partial charge in [0.15, 0.2) is 6.61 Å². The summed E-state index contributed by atoms with van der Waals surface area (Å²) >= 11 is 1.44. The number of aromatic nitrogens is 2. The zero-order valence-electron chi connectivity index (χ0n) is 15.6. The van der Waals surface area contributed by atoms with Gasteiger partial charge in [0, 0.05) is 25.1 Å². The molecule has 0 saturated carbocycles. The van der Waals surface area contributed by atoms with Crippen molar-refractivity contribution in [3.63, 3.8) is 0 Å². The lowest BCUT2D eigenvalue weighted by Crippen LogP contribution is -2.35. The van der Waals surface area contributed by atoms with Crippen molar-refractivity contribution in [3.05, 3.63) is 53.1 Å². The van der Waals surface area contributed by atoms with Gasteiger partial charge in [-0.1, -0.05) is 37.3 Å². The summed E-state index contributed by atoms with van der Waals surface area (Å²) in [4.78, 5) is 15.4. The van der Waals surface area contributed by atoms with Crippen LogP contribution in [-0.4, -0.2) is 42.5 Å². The second kappa shape index (κ2) is 8.53. The van der Waals surface area contributed by atoms with Gasteiger partial charge in [-0.3, -0.25) is 0 Å². The third-order valence-corrected chi connectivity index (χ3v) is 5.61. The first kappa shape index (κ1) is 18.6. The summed E-state index contributed by atoms with van der Waals surface area (Å²) in [7, 11) is 0. The van der Waals surface area contributed by atoms with E-state index in [1.807, 2.05) is 43.3 Å². The number of carbonyl (C=O) groups is 1. The molecule has 28 heavy (non-hydrogen) atoms. The predicted molar refractivity (Wildman–Crippen MR) is 106 cm³/mol. The molecule has 0 bridgehead atoms. The summed E-state index contributed by atoms with van der Waals surface area (Å²) in [5.41, 5.74) is 2.11. The van der Waals surface area contributed by atoms with Crippen LogP contribution in [0.2, 0.25) is 0 Å². The third kappa shape index (κ3) is 4.07. The molecule has 1 aromatic carbocycles. The highest BCUT2D eigenvalue weighted by Gasteiger charge is 2.23. The van der Waals surface area contributed by atoms with Crippen LogP contribution in [0, 0.1) is 0 Å². The molecule has 1 aliphatic heterocycles. The molecule has 146 valence electrons. The lowest BCUT2D eigenvalue weighted by atomic mass is 10.1. The molecular weight excluding hydrogens is 378 g/mol. The molecule has 0 spiro atoms. The third-order valence-electron chi connectivity index (χ3n) is 4.43. The molecule has 8 heteroatoms. The average molecular weight is 399 g/mol. The van der Waals surface area contributed by atoms with E-state index >= 15 is 0 Å². The van der Waals surface area contributed by atoms with Crippen LogP contribution in [0.3, 0.4) is 0 Å². The fourth-order valence-electron chi connectivity index (χ4n) is 3.00. The summed E-state index contributed by atoms with van der Waals surface area (Å²) in [6, 6.07) is 12.0. The first-order chi connectivity index (χ1) is 13.7. The van der Waals surface area contributed by atoms with Gasteiger partial charge in [-0.2, -0.15) is 0 Å². The monoisotopic (exact) mass is 399 g/mol. The van der Waals surface area contributed by atoms with Crippen LogP contribution in [0.25, 0.3) is 11.1 Å². The Morgan fingerprint density at radius 2 is 1.93 bits per heavy atom. The Kier molecular flexibility index (Phi) is 5.68. The molecule has 2 aromatic heterocycles. The van der Waals surface area contributed by atoms with E-state index in [0.29, 0.717) is 36.3 Å². The second-order valence-electron chi connectivity index (χ2n) is 6.31. The molecule has 1 fully saturated rings. The zero-order chi connectivity index (χ0) is 19.3. The van der Waals surface area contributed by atoms with Gasteiger partial charge in [0.1, 0.15) is 4.88 Å². The van der Waals surface area contributed by atoms with E-state index in [1.165, 1.54) is 11.3 Å². The van der Waals surface area contributed by atoms with Crippen molar-refractivity contribution in [3.8, 4) is 11.1 Å². The van der Waals surface area contributed by atoms with E-state index in [9.17, 15) is 4.79 Å². The van der Waals surface area contributed by atoms with Crippen LogP contribution in [0.5, 0.6) is 0 Å². The number of anilines is 1. The number of esters is 1. The van der Waals surface area contributed by atoms with Crippen LogP contribution in [0.15, 0.2) is 40.8 Å². The van der Waals surface area contributed by atoms with E-state index in [1.54, 1.807) is 0 Å². The molecule has 3 aromatic rings. The van der Waals surface area contributed by atoms with Gasteiger partial charge in [0.2, 0.25) is 5.89 Å². The van der Waals surface area contributed by atoms with Crippen LogP contribution in [0.4, 0.5) is 5.00 Å². The first-order valence-electron chi connectivity index (χ1n) is 9.25. The minimum atomic E-state index is -0.391. The quantitative estimate of drug-likeness (QED) is 0.587. The maximum Gasteiger partial charge on any atom is 0.348 e. The summed E-state index contributed by atoms with van der Waals surface area (Å²) in [5.74, 6) is 0.444. The minimum absolute atomic E-state index is 0.0305. The number of rotatable bonds is 6. The van der Waals surface area contributed by atoms with Gasteiger partial charge in [0.25, 0.3) is 5.89 Å². The van der Waals surface area contributed by atoms with E-state index in [2.05, 4.69) is 15.1 Å². The number of morpholine rings is 1. The largest absolute Gasteiger partial charge is 0.451 e. The maximum atomic E-state index is 12.6. The van der Waals surface area contributed by atoms with Crippen molar-refractivity contribution in [1.29, 1.82) is 0 Å². The van der Waals surface area contributed by atoms with Crippen molar-refractivity contribution in [2.45, 2.75) is 20.0 Å². The van der Waals surface area contributed by atoms with Gasteiger partial charge >= 0.3 is 5.97 Å². The highest BCUT2D eigenvalue weighted by molar-refractivity contribution is 7.18. The summed E-state index contributed by atoms with van der Waals surface area (Å²) < 4.78 is 16.3. The molecule has 1 saturated heterocycles. The van der Waals surface area contributed by atoms with Gasteiger partial charge in [-0.05, 0) is 11.6 Å². The minimum Gasteiger partial charge on any atom is -0.451 e. The smallest absolute Gasteiger partial charge is 0.348 e. The number of aryl methyl sites for hydroxylation is 1. The number of benzene rings is 1. The molecule has 0 atom stereocenters. The van der Waals surface area contributed by atoms with Gasteiger partial charge < -0.3 is 18.8 Å². The molecule has 3 heterocycles. The molecule has 4 rings (SSSR count). The number of hydrogen-bond acceptors (Lipinski definition) is 8. The Morgan fingerprint density at radius 1 is 1.18 bits per heavy atom. The number of nitrogens with zero attached hydrogens (tertiary/aromatic N) is 3. The molecule has 0 aliphatic carbocycles. The predicted octanol–water partition coefficient (Wildman–Crippen LogP) is 3.55. The Balaban J connectivity index is 1.56. The number of hydrogen-bond donors (Lipinski definition) is 0. The van der Waals surface area contributed by atoms with E-state index < -0.39 is 5.97 Å². The molecular formula is C20H21N3O4S. The number of thiophene rings is 1. The summed E-state index contributed by atoms with van der Waals surface area (Å²) in [6.07, 6.45) is 0.648. The topological polar surface area (TPSA) is 77.7 Å². The van der Waals surface area contributed by atoms with Crippen LogP contribution >= 0.6 is 11.3 Å². The molecule has 0 unspecified atom stereocenters. The van der Waals surface area contributed by atoms with Crippen molar-refractivity contribution < 1.29 is 18.7 Å². The Hall–Kier alpha value is -2.71. The summed E-state index contributed by atoms with van der Waals surface area (Å²) in [6.45, 7) is 4.86. The maximum absolute atomic E-state index is 12.6. The van der Waals surface area contributed by atoms with E-state index in [-0.39, 0.29) is 6.61 Å². The highest BCUT2D eigenvalue weighted by Crippen LogP contribution is 2.39. The number of ether oxygens (including phenoxy) is 2. The van der Waals surface area contributed by atoms with Gasteiger partial charge in [-0.25, -0.2) is 4.79 Å². The Morgan fingerprint density at radius 3 is 2.64 bits per heavy atom. The molecule has 0 radical (unpaired) electrons. The standard InChI is InChI=1S/C20H21N3O4S/c1-2-17-21-22-18(27-17)13-26-20(24)16-12-15(14-6-4-3-5-7-14)19(28-16)23-8-10-25-11-9-23/h3-7,12H,2,8-11,13H2,1H3. The fraction of sp³-hybridized carbons (Fsp3) is 0.350. The highest BCUT2D eigenvalue weighted by atomic mass is 32.1. The Labute approximate surface area is 166 Å². The van der Waals surface area contributed by atoms with Gasteiger partial charge in [0.05, 0.1) is 18.2 Å². The number of carbonyl (C=O) groups excluding carboxylic acids is 1. The van der Waals surface area contributed by atoms with Crippen LogP contribution in [-0.2, 0) is 22.5 Å². The van der Waals surface area contributed by atoms with E-state index in [0.717, 1.165) is 29.2 Å². The van der Waals surface area contributed by atoms with Crippen LogP contribution in [0.1, 0.15) is 28.4 Å². The lowest BCUT2D eigenvalue weighted by molar-refractivity contribution is 0.0442. The van der Waals surface area contributed by atoms with E-state index in [4.69, 9.17) is 13.9 Å². The first-order valence-corrected chi connectivity index (χ1v) is 10.1. The van der Waals surface area contributed by atoms with Crippen molar-refractivity contribution in [2.75, 3.05) is 31.2 Å². The van der Waals surface area contributed by atoms with Crippen molar-refractivity contribution >= 4 is 22.3 Å². The SMILES string of the molecule is CCc1nnc(COC(=O)c2cc(-c3ccccc3)c(N3CCOCC3)s2)o1. The zero-order valence-corrected chi connectivity index (χ0v) is 16.4. The molecule has 0 N–H and O–H groups in total. The molecule has 1 aliphatic rings. The average Bonchev–Trinajstić information content (AvgIpc) is 3.40. The lowest BCUT2D eigenvalue weighted by Gasteiger charge is -2.28. The van der Waals surface area contributed by atoms with Crippen molar-refractivity contribution in [2.24, 2.45) is 0 Å². The van der Waals surface area contributed by atoms with Crippen molar-refractivity contribution in [1.82, 2.24) is 10.2 Å². The normalized spacial score (nSPS) is 14.2. The fourth-order valence-corrected chi connectivity index (χ4v) is 4.12. The molecule has 0 amide bonds. The van der Waals surface area contributed by atoms with Gasteiger partial charge in [-0.15, -0.1) is 21.5 Å². The second-order valence-corrected chi connectivity index (χ2v) is 7.34. The molecule has 7 nitrogen and oxygen atoms in total.